The van der Waals surface area contributed by atoms with Crippen molar-refractivity contribution in [3.05, 3.63) is 91.1 Å². The number of piperazine rings is 1. The van der Waals surface area contributed by atoms with Gasteiger partial charge in [-0.3, -0.25) is 9.36 Å². The molecule has 1 N–H and O–H groups in total. The Morgan fingerprint density at radius 1 is 1.00 bits per heavy atom. The third kappa shape index (κ3) is 6.43. The van der Waals surface area contributed by atoms with E-state index < -0.39 is 6.09 Å². The molecule has 0 spiro atoms. The molecular formula is C30H31N7O5. The first-order valence-electron chi connectivity index (χ1n) is 13.8. The van der Waals surface area contributed by atoms with Gasteiger partial charge in [0.25, 0.3) is 0 Å². The van der Waals surface area contributed by atoms with E-state index in [1.54, 1.807) is 40.5 Å². The maximum atomic E-state index is 13.2. The van der Waals surface area contributed by atoms with E-state index in [1.807, 2.05) is 59.5 Å². The highest BCUT2D eigenvalue weighted by molar-refractivity contribution is 5.77. The van der Waals surface area contributed by atoms with Gasteiger partial charge in [-0.2, -0.15) is 4.98 Å². The quantitative estimate of drug-likeness (QED) is 0.341. The molecule has 12 heteroatoms. The minimum atomic E-state index is -0.419. The number of ether oxygens (including phenoxy) is 3. The summed E-state index contributed by atoms with van der Waals surface area (Å²) in [5.74, 6) is 2.30. The minimum Gasteiger partial charge on any atom is -0.486 e. The van der Waals surface area contributed by atoms with Crippen LogP contribution in [-0.4, -0.2) is 81.4 Å². The zero-order valence-electron chi connectivity index (χ0n) is 22.9. The maximum Gasteiger partial charge on any atom is 0.410 e. The van der Waals surface area contributed by atoms with Crippen molar-refractivity contribution in [2.75, 3.05) is 37.7 Å². The van der Waals surface area contributed by atoms with Crippen LogP contribution in [0.3, 0.4) is 0 Å². The molecule has 4 aromatic rings. The second kappa shape index (κ2) is 12.6. The molecule has 2 atom stereocenters. The fourth-order valence-electron chi connectivity index (χ4n) is 4.99. The third-order valence-electron chi connectivity index (χ3n) is 7.12. The van der Waals surface area contributed by atoms with E-state index in [2.05, 4.69) is 15.3 Å². The Hall–Kier alpha value is -5.13. The molecule has 0 saturated carbocycles. The van der Waals surface area contributed by atoms with Gasteiger partial charge >= 0.3 is 6.09 Å². The van der Waals surface area contributed by atoms with Crippen LogP contribution in [0.25, 0.3) is 5.95 Å². The first kappa shape index (κ1) is 27.1. The van der Waals surface area contributed by atoms with Crippen LogP contribution >= 0.6 is 0 Å². The molecule has 2 amide bonds. The molecule has 1 fully saturated rings. The van der Waals surface area contributed by atoms with Crippen LogP contribution in [-0.2, 0) is 16.1 Å². The number of carbonyl (C=O) groups excluding carboxylic acids is 2. The molecule has 216 valence electrons. The molecular weight excluding hydrogens is 538 g/mol. The molecule has 6 rings (SSSR count). The number of anilines is 1. The van der Waals surface area contributed by atoms with Gasteiger partial charge in [-0.05, 0) is 23.8 Å². The van der Waals surface area contributed by atoms with Crippen LogP contribution < -0.4 is 19.7 Å². The van der Waals surface area contributed by atoms with E-state index in [-0.39, 0.29) is 31.1 Å². The van der Waals surface area contributed by atoms with Crippen LogP contribution in [0, 0.1) is 0 Å². The number of hydrogen-bond acceptors (Lipinski definition) is 9. The first-order valence-corrected chi connectivity index (χ1v) is 13.8. The van der Waals surface area contributed by atoms with Gasteiger partial charge in [0.2, 0.25) is 11.9 Å². The summed E-state index contributed by atoms with van der Waals surface area (Å²) in [6.07, 6.45) is 6.13. The van der Waals surface area contributed by atoms with Gasteiger partial charge < -0.3 is 29.3 Å². The second-order valence-electron chi connectivity index (χ2n) is 10.0. The van der Waals surface area contributed by atoms with Crippen molar-refractivity contribution >= 4 is 17.8 Å². The van der Waals surface area contributed by atoms with Gasteiger partial charge in [0, 0.05) is 44.6 Å². The van der Waals surface area contributed by atoms with Crippen LogP contribution in [0.5, 0.6) is 11.5 Å². The van der Waals surface area contributed by atoms with Crippen molar-refractivity contribution in [2.24, 2.45) is 0 Å². The lowest BCUT2D eigenvalue weighted by atomic mass is 10.1. The molecule has 12 nitrogen and oxygen atoms in total. The predicted molar refractivity (Wildman–Crippen MR) is 152 cm³/mol. The molecule has 2 aromatic heterocycles. The Balaban J connectivity index is 1.13. The van der Waals surface area contributed by atoms with Gasteiger partial charge in [-0.15, -0.1) is 0 Å². The number of imidazole rings is 1. The first-order chi connectivity index (χ1) is 20.6. The van der Waals surface area contributed by atoms with Crippen LogP contribution in [0.1, 0.15) is 12.0 Å². The van der Waals surface area contributed by atoms with E-state index >= 15 is 0 Å². The number of para-hydroxylation sites is 2. The number of carbonyl (C=O) groups is 2. The highest BCUT2D eigenvalue weighted by Crippen LogP contribution is 2.30. The number of aromatic nitrogens is 4. The van der Waals surface area contributed by atoms with Crippen molar-refractivity contribution in [3.8, 4) is 17.4 Å². The molecule has 2 aliphatic heterocycles. The van der Waals surface area contributed by atoms with Gasteiger partial charge in [-0.1, -0.05) is 42.5 Å². The lowest BCUT2D eigenvalue weighted by Gasteiger charge is -2.41. The van der Waals surface area contributed by atoms with Crippen molar-refractivity contribution in [3.63, 3.8) is 0 Å². The van der Waals surface area contributed by atoms with Crippen molar-refractivity contribution in [1.82, 2.24) is 29.7 Å². The van der Waals surface area contributed by atoms with Gasteiger partial charge in [-0.25, -0.2) is 14.8 Å². The molecule has 42 heavy (non-hydrogen) atoms. The summed E-state index contributed by atoms with van der Waals surface area (Å²) in [6, 6.07) is 18.4. The molecule has 2 aromatic carbocycles. The summed E-state index contributed by atoms with van der Waals surface area (Å²) in [6.45, 7) is 1.99. The summed E-state index contributed by atoms with van der Waals surface area (Å²) in [5, 5.41) is 2.98. The monoisotopic (exact) mass is 569 g/mol. The Morgan fingerprint density at radius 3 is 2.67 bits per heavy atom. The summed E-state index contributed by atoms with van der Waals surface area (Å²) in [5.41, 5.74) is 0.907. The lowest BCUT2D eigenvalue weighted by molar-refractivity contribution is -0.122. The second-order valence-corrected chi connectivity index (χ2v) is 10.0. The van der Waals surface area contributed by atoms with Crippen LogP contribution in [0.2, 0.25) is 0 Å². The zero-order chi connectivity index (χ0) is 28.7. The molecule has 0 bridgehead atoms. The minimum absolute atomic E-state index is 0.136. The average molecular weight is 570 g/mol. The average Bonchev–Trinajstić information content (AvgIpc) is 3.59. The van der Waals surface area contributed by atoms with E-state index in [9.17, 15) is 9.59 Å². The fraction of sp³-hybridized carbons (Fsp3) is 0.300. The molecule has 4 heterocycles. The Kier molecular flexibility index (Phi) is 8.11. The fourth-order valence-corrected chi connectivity index (χ4v) is 4.99. The molecule has 2 aliphatic rings. The molecule has 2 unspecified atom stereocenters. The smallest absolute Gasteiger partial charge is 0.410 e. The van der Waals surface area contributed by atoms with Crippen LogP contribution in [0.15, 0.2) is 85.6 Å². The standard InChI is InChI=1S/C30H31N7O5/c38-28(33-17-24-20-40-25-8-4-5-9-26(25)42-24)16-23-18-35(30(39)41-19-22-6-2-1-3-7-22)14-15-37(23)27-10-11-32-29(34-27)36-13-12-31-21-36/h1-13,21,23-24H,14-20H2,(H,33,38). The van der Waals surface area contributed by atoms with Crippen molar-refractivity contribution in [2.45, 2.75) is 25.2 Å². The van der Waals surface area contributed by atoms with Gasteiger partial charge in [0.05, 0.1) is 12.6 Å². The highest BCUT2D eigenvalue weighted by Gasteiger charge is 2.33. The zero-order valence-corrected chi connectivity index (χ0v) is 22.9. The lowest BCUT2D eigenvalue weighted by Crippen LogP contribution is -2.56. The molecule has 0 radical (unpaired) electrons. The van der Waals surface area contributed by atoms with E-state index in [1.165, 1.54) is 0 Å². The Bertz CT molecular complexity index is 1500. The highest BCUT2D eigenvalue weighted by atomic mass is 16.6. The Morgan fingerprint density at radius 2 is 1.83 bits per heavy atom. The topological polar surface area (TPSA) is 124 Å². The number of amides is 2. The molecule has 0 aliphatic carbocycles. The number of nitrogens with one attached hydrogen (secondary N) is 1. The summed E-state index contributed by atoms with van der Waals surface area (Å²) >= 11 is 0. The Labute approximate surface area is 242 Å². The summed E-state index contributed by atoms with van der Waals surface area (Å²) < 4.78 is 19.0. The predicted octanol–water partition coefficient (Wildman–Crippen LogP) is 2.84. The number of fused-ring (bicyclic) bond motifs is 1. The number of rotatable bonds is 8. The van der Waals surface area contributed by atoms with Crippen LogP contribution in [0.4, 0.5) is 10.6 Å². The maximum absolute atomic E-state index is 13.2. The van der Waals surface area contributed by atoms with E-state index in [4.69, 9.17) is 19.2 Å². The number of benzene rings is 2. The summed E-state index contributed by atoms with van der Waals surface area (Å²) in [4.78, 5) is 43.0. The largest absolute Gasteiger partial charge is 0.486 e. The van der Waals surface area contributed by atoms with Crippen molar-refractivity contribution < 1.29 is 23.8 Å². The summed E-state index contributed by atoms with van der Waals surface area (Å²) in [7, 11) is 0. The SMILES string of the molecule is O=C(CC1CN(C(=O)OCc2ccccc2)CCN1c1ccnc(-n2ccnc2)n1)NCC1COc2ccccc2O1. The third-order valence-corrected chi connectivity index (χ3v) is 7.12. The van der Waals surface area contributed by atoms with Crippen molar-refractivity contribution in [1.29, 1.82) is 0 Å². The normalized spacial score (nSPS) is 17.9. The van der Waals surface area contributed by atoms with Gasteiger partial charge in [0.15, 0.2) is 11.5 Å². The number of nitrogens with zero attached hydrogens (tertiary/aromatic N) is 6. The van der Waals surface area contributed by atoms with E-state index in [0.717, 1.165) is 5.56 Å². The van der Waals surface area contributed by atoms with Gasteiger partial charge in [0.1, 0.15) is 31.5 Å². The number of hydrogen-bond donors (Lipinski definition) is 1. The van der Waals surface area contributed by atoms with E-state index in [0.29, 0.717) is 56.1 Å². The molecule has 1 saturated heterocycles.